The first-order valence-electron chi connectivity index (χ1n) is 9.56. The molecule has 1 aliphatic heterocycles. The van der Waals surface area contributed by atoms with Crippen molar-refractivity contribution in [2.45, 2.75) is 38.6 Å². The van der Waals surface area contributed by atoms with Gasteiger partial charge >= 0.3 is 0 Å². The number of piperazine rings is 1. The molecule has 8 nitrogen and oxygen atoms in total. The van der Waals surface area contributed by atoms with Gasteiger partial charge in [0, 0.05) is 6.04 Å². The van der Waals surface area contributed by atoms with Crippen molar-refractivity contribution < 1.29 is 22.9 Å². The Morgan fingerprint density at radius 3 is 2.39 bits per heavy atom. The van der Waals surface area contributed by atoms with Gasteiger partial charge in [-0.15, -0.1) is 0 Å². The van der Waals surface area contributed by atoms with Gasteiger partial charge < -0.3 is 15.5 Å². The molecule has 9 heteroatoms. The molecule has 0 spiro atoms. The van der Waals surface area contributed by atoms with Gasteiger partial charge in [-0.2, -0.15) is 4.31 Å². The molecule has 0 unspecified atom stereocenters. The van der Waals surface area contributed by atoms with Crippen LogP contribution in [0.25, 0.3) is 0 Å². The van der Waals surface area contributed by atoms with E-state index in [9.17, 15) is 18.0 Å². The normalized spacial score (nSPS) is 16.2. The van der Waals surface area contributed by atoms with Crippen LogP contribution in [0.2, 0.25) is 0 Å². The average Bonchev–Trinajstić information content (AvgIpc) is 2.62. The zero-order valence-corrected chi connectivity index (χ0v) is 17.9. The molecular weight excluding hydrogens is 380 g/mol. The second-order valence-electron chi connectivity index (χ2n) is 7.60. The van der Waals surface area contributed by atoms with Crippen LogP contribution in [-0.4, -0.2) is 69.8 Å². The van der Waals surface area contributed by atoms with Crippen molar-refractivity contribution >= 4 is 21.8 Å². The Labute approximate surface area is 167 Å². The number of quaternary nitrogens is 1. The van der Waals surface area contributed by atoms with Crippen LogP contribution in [0.3, 0.4) is 0 Å². The summed E-state index contributed by atoms with van der Waals surface area (Å²) in [5, 5.41) is 5.33. The largest absolute Gasteiger partial charge is 0.352 e. The lowest BCUT2D eigenvalue weighted by atomic mass is 10.2. The van der Waals surface area contributed by atoms with E-state index in [4.69, 9.17) is 0 Å². The summed E-state index contributed by atoms with van der Waals surface area (Å²) in [6.45, 7) is 9.41. The number of benzene rings is 1. The lowest BCUT2D eigenvalue weighted by Gasteiger charge is -2.31. The first kappa shape index (κ1) is 22.3. The summed E-state index contributed by atoms with van der Waals surface area (Å²) in [5.74, 6) is -0.428. The third-order valence-electron chi connectivity index (χ3n) is 4.70. The number of rotatable bonds is 7. The summed E-state index contributed by atoms with van der Waals surface area (Å²) in [6.07, 6.45) is 0. The zero-order chi connectivity index (χ0) is 20.9. The molecule has 1 aromatic rings. The van der Waals surface area contributed by atoms with Crippen molar-refractivity contribution in [3.05, 3.63) is 29.3 Å². The Kier molecular flexibility index (Phi) is 7.56. The number of carbonyl (C=O) groups is 2. The van der Waals surface area contributed by atoms with E-state index in [1.807, 2.05) is 32.9 Å². The fourth-order valence-corrected chi connectivity index (χ4v) is 4.94. The molecule has 0 radical (unpaired) electrons. The standard InChI is InChI=1S/C19H30N4O4S/c1-14(2)21-18(24)12-20-19(25)13-22-7-9-23(10-8-22)28(26,27)17-11-15(3)5-6-16(17)4/h5-6,11,14H,7-10,12-13H2,1-4H3,(H,20,25)(H,21,24)/p+1. The molecule has 0 atom stereocenters. The highest BCUT2D eigenvalue weighted by molar-refractivity contribution is 7.89. The van der Waals surface area contributed by atoms with Gasteiger partial charge in [0.1, 0.15) is 0 Å². The van der Waals surface area contributed by atoms with Gasteiger partial charge in [-0.3, -0.25) is 9.59 Å². The highest BCUT2D eigenvalue weighted by Gasteiger charge is 2.32. The predicted molar refractivity (Wildman–Crippen MR) is 107 cm³/mol. The van der Waals surface area contributed by atoms with Crippen molar-refractivity contribution in [1.82, 2.24) is 14.9 Å². The molecule has 1 aliphatic rings. The molecule has 1 heterocycles. The van der Waals surface area contributed by atoms with Gasteiger partial charge in [-0.05, 0) is 44.9 Å². The van der Waals surface area contributed by atoms with Crippen LogP contribution in [0.1, 0.15) is 25.0 Å². The molecule has 28 heavy (non-hydrogen) atoms. The van der Waals surface area contributed by atoms with Gasteiger partial charge in [-0.25, -0.2) is 8.42 Å². The molecule has 3 N–H and O–H groups in total. The second kappa shape index (κ2) is 9.49. The minimum absolute atomic E-state index is 0.0297. The van der Waals surface area contributed by atoms with Crippen molar-refractivity contribution in [3.63, 3.8) is 0 Å². The third kappa shape index (κ3) is 6.02. The lowest BCUT2D eigenvalue weighted by Crippen LogP contribution is -3.15. The van der Waals surface area contributed by atoms with Gasteiger partial charge in [0.15, 0.2) is 6.54 Å². The van der Waals surface area contributed by atoms with Crippen molar-refractivity contribution in [3.8, 4) is 0 Å². The molecule has 0 saturated carbocycles. The number of nitrogens with zero attached hydrogens (tertiary/aromatic N) is 1. The van der Waals surface area contributed by atoms with Crippen LogP contribution in [0.5, 0.6) is 0 Å². The Hall–Kier alpha value is -1.97. The van der Waals surface area contributed by atoms with Crippen LogP contribution in [0.15, 0.2) is 23.1 Å². The summed E-state index contributed by atoms with van der Waals surface area (Å²) >= 11 is 0. The minimum atomic E-state index is -3.53. The number of amides is 2. The number of carbonyl (C=O) groups excluding carboxylic acids is 2. The van der Waals surface area contributed by atoms with Crippen LogP contribution >= 0.6 is 0 Å². The summed E-state index contributed by atoms with van der Waals surface area (Å²) in [4.78, 5) is 25.0. The molecule has 2 rings (SSSR count). The summed E-state index contributed by atoms with van der Waals surface area (Å²) in [7, 11) is -3.53. The zero-order valence-electron chi connectivity index (χ0n) is 17.0. The smallest absolute Gasteiger partial charge is 0.275 e. The molecule has 1 fully saturated rings. The Morgan fingerprint density at radius 2 is 1.79 bits per heavy atom. The van der Waals surface area contributed by atoms with Crippen LogP contribution < -0.4 is 15.5 Å². The number of aryl methyl sites for hydroxylation is 2. The van der Waals surface area contributed by atoms with Gasteiger partial charge in [0.25, 0.3) is 5.91 Å². The fourth-order valence-electron chi connectivity index (χ4n) is 3.19. The monoisotopic (exact) mass is 411 g/mol. The summed E-state index contributed by atoms with van der Waals surface area (Å²) in [5.41, 5.74) is 1.64. The Balaban J connectivity index is 1.86. The first-order valence-corrected chi connectivity index (χ1v) is 11.0. The predicted octanol–water partition coefficient (Wildman–Crippen LogP) is -1.17. The molecular formula is C19H31N4O4S+. The summed E-state index contributed by atoms with van der Waals surface area (Å²) < 4.78 is 27.4. The maximum absolute atomic E-state index is 12.9. The minimum Gasteiger partial charge on any atom is -0.352 e. The Morgan fingerprint density at radius 1 is 1.14 bits per heavy atom. The van der Waals surface area contributed by atoms with E-state index in [2.05, 4.69) is 10.6 Å². The van der Waals surface area contributed by atoms with E-state index >= 15 is 0 Å². The number of nitrogens with one attached hydrogen (secondary N) is 3. The average molecular weight is 412 g/mol. The van der Waals surface area contributed by atoms with E-state index in [0.717, 1.165) is 16.0 Å². The van der Waals surface area contributed by atoms with E-state index in [1.165, 1.54) is 4.31 Å². The van der Waals surface area contributed by atoms with E-state index < -0.39 is 10.0 Å². The molecule has 156 valence electrons. The fraction of sp³-hybridized carbons (Fsp3) is 0.579. The van der Waals surface area contributed by atoms with Gasteiger partial charge in [-0.1, -0.05) is 12.1 Å². The summed E-state index contributed by atoms with van der Waals surface area (Å²) in [6, 6.07) is 5.46. The Bertz CT molecular complexity index is 815. The first-order chi connectivity index (χ1) is 13.1. The molecule has 2 amide bonds. The van der Waals surface area contributed by atoms with Crippen LogP contribution in [-0.2, 0) is 19.6 Å². The molecule has 0 aromatic heterocycles. The second-order valence-corrected chi connectivity index (χ2v) is 9.51. The van der Waals surface area contributed by atoms with E-state index in [1.54, 1.807) is 13.0 Å². The van der Waals surface area contributed by atoms with Gasteiger partial charge in [0.2, 0.25) is 15.9 Å². The SMILES string of the molecule is Cc1ccc(C)c(S(=O)(=O)N2CC[NH+](CC(=O)NCC(=O)NC(C)C)CC2)c1. The van der Waals surface area contributed by atoms with Crippen molar-refractivity contribution in [2.24, 2.45) is 0 Å². The van der Waals surface area contributed by atoms with Crippen molar-refractivity contribution in [2.75, 3.05) is 39.3 Å². The topological polar surface area (TPSA) is 100 Å². The van der Waals surface area contributed by atoms with Crippen LogP contribution in [0, 0.1) is 13.8 Å². The number of hydrogen-bond acceptors (Lipinski definition) is 4. The number of hydrogen-bond donors (Lipinski definition) is 3. The maximum Gasteiger partial charge on any atom is 0.275 e. The van der Waals surface area contributed by atoms with Gasteiger partial charge in [0.05, 0.1) is 37.6 Å². The van der Waals surface area contributed by atoms with Crippen LogP contribution in [0.4, 0.5) is 0 Å². The molecule has 0 bridgehead atoms. The quantitative estimate of drug-likeness (QED) is 0.527. The van der Waals surface area contributed by atoms with E-state index in [0.29, 0.717) is 31.1 Å². The van der Waals surface area contributed by atoms with E-state index in [-0.39, 0.29) is 30.9 Å². The van der Waals surface area contributed by atoms with Crippen molar-refractivity contribution in [1.29, 1.82) is 0 Å². The molecule has 0 aliphatic carbocycles. The highest BCUT2D eigenvalue weighted by Crippen LogP contribution is 2.21. The number of sulfonamides is 1. The lowest BCUT2D eigenvalue weighted by molar-refractivity contribution is -0.895. The molecule has 1 aromatic carbocycles. The third-order valence-corrected chi connectivity index (χ3v) is 6.74. The maximum atomic E-state index is 12.9. The molecule has 1 saturated heterocycles. The highest BCUT2D eigenvalue weighted by atomic mass is 32.2.